The lowest BCUT2D eigenvalue weighted by Gasteiger charge is -2.38. The molecule has 1 rings (SSSR count). The first kappa shape index (κ1) is 21.9. The third-order valence-corrected chi connectivity index (χ3v) is 4.82. The van der Waals surface area contributed by atoms with Crippen LogP contribution in [0.1, 0.15) is 67.0 Å². The van der Waals surface area contributed by atoms with Crippen molar-refractivity contribution in [2.24, 2.45) is 0 Å². The van der Waals surface area contributed by atoms with Gasteiger partial charge in [-0.2, -0.15) is 12.6 Å². The summed E-state index contributed by atoms with van der Waals surface area (Å²) in [6.07, 6.45) is -0.412. The first-order valence-corrected chi connectivity index (χ1v) is 9.11. The number of carbonyl (C=O) groups excluding carboxylic acids is 1. The van der Waals surface area contributed by atoms with E-state index in [9.17, 15) is 4.79 Å². The van der Waals surface area contributed by atoms with Gasteiger partial charge in [0, 0.05) is 4.75 Å². The molecular weight excluding hydrogens is 333 g/mol. The predicted molar refractivity (Wildman–Crippen MR) is 109 cm³/mol. The predicted octanol–water partition coefficient (Wildman–Crippen LogP) is 3.75. The normalized spacial score (nSPS) is 14.0. The maximum absolute atomic E-state index is 11.9. The average molecular weight is 365 g/mol. The van der Waals surface area contributed by atoms with E-state index in [1.165, 1.54) is 0 Å². The topological polar surface area (TPSA) is 47.6 Å². The van der Waals surface area contributed by atoms with Crippen molar-refractivity contribution in [3.63, 3.8) is 0 Å². The van der Waals surface area contributed by atoms with Gasteiger partial charge in [0.1, 0.15) is 5.60 Å². The Morgan fingerprint density at radius 1 is 1.08 bits per heavy atom. The lowest BCUT2D eigenvalue weighted by molar-refractivity contribution is 0.0508. The van der Waals surface area contributed by atoms with Crippen molar-refractivity contribution in [3.05, 3.63) is 29.8 Å². The number of amides is 1. The molecule has 0 aliphatic heterocycles. The highest BCUT2D eigenvalue weighted by molar-refractivity contribution is 7.81. The fourth-order valence-electron chi connectivity index (χ4n) is 1.91. The van der Waals surface area contributed by atoms with Crippen molar-refractivity contribution >= 4 is 31.7 Å². The van der Waals surface area contributed by atoms with Crippen LogP contribution in [-0.2, 0) is 9.39 Å². The number of nitrogens with one attached hydrogen (secondary N) is 1. The molecule has 1 atom stereocenters. The Hall–Kier alpha value is -1.14. The summed E-state index contributed by atoms with van der Waals surface area (Å²) in [7, 11) is 0.519. The van der Waals surface area contributed by atoms with Crippen LogP contribution in [-0.4, -0.2) is 29.5 Å². The molecule has 4 nitrogen and oxygen atoms in total. The van der Waals surface area contributed by atoms with Gasteiger partial charge < -0.3 is 14.7 Å². The molecule has 0 aliphatic carbocycles. The fourth-order valence-corrected chi connectivity index (χ4v) is 1.98. The second kappa shape index (κ2) is 8.04. The van der Waals surface area contributed by atoms with Gasteiger partial charge in [0.2, 0.25) is 0 Å². The lowest BCUT2D eigenvalue weighted by atomic mass is 9.83. The van der Waals surface area contributed by atoms with E-state index in [1.54, 1.807) is 0 Å². The van der Waals surface area contributed by atoms with Gasteiger partial charge in [-0.1, -0.05) is 29.7 Å². The number of hydrogen-bond acceptors (Lipinski definition) is 4. The molecule has 0 saturated heterocycles. The van der Waals surface area contributed by atoms with Gasteiger partial charge in [-0.3, -0.25) is 0 Å². The molecule has 0 aromatic heterocycles. The maximum atomic E-state index is 11.9. The van der Waals surface area contributed by atoms with Gasteiger partial charge in [0.15, 0.2) is 0 Å². The summed E-state index contributed by atoms with van der Waals surface area (Å²) < 4.78 is 11.1. The van der Waals surface area contributed by atoms with Crippen molar-refractivity contribution in [2.45, 2.75) is 77.4 Å². The number of alkyl carbamates (subject to hydrolysis) is 1. The van der Waals surface area contributed by atoms with Crippen molar-refractivity contribution in [3.8, 4) is 0 Å². The standard InChI is InChI=1S/C19H32BNO3S/c1-13(21-16(22)23-17(2,3)4)14-9-11-15(12-10-14)20-24-18(5,6)19(7,8)25/h9-13,20,25H,1-8H3,(H,21,22). The first-order valence-electron chi connectivity index (χ1n) is 8.66. The zero-order chi connectivity index (χ0) is 19.5. The molecule has 0 saturated carbocycles. The molecular formula is C19H32BNO3S. The SMILES string of the molecule is CC(NC(=O)OC(C)(C)C)c1ccc(BOC(C)(C)C(C)(C)S)cc1. The summed E-state index contributed by atoms with van der Waals surface area (Å²) in [5, 5.41) is 2.85. The highest BCUT2D eigenvalue weighted by Gasteiger charge is 2.34. The van der Waals surface area contributed by atoms with Gasteiger partial charge in [0.25, 0.3) is 0 Å². The zero-order valence-electron chi connectivity index (χ0n) is 16.8. The van der Waals surface area contributed by atoms with Crippen LogP contribution < -0.4 is 10.8 Å². The van der Waals surface area contributed by atoms with Crippen molar-refractivity contribution < 1.29 is 14.2 Å². The minimum absolute atomic E-state index is 0.127. The van der Waals surface area contributed by atoms with E-state index in [0.717, 1.165) is 11.0 Å². The molecule has 0 bridgehead atoms. The van der Waals surface area contributed by atoms with Gasteiger partial charge in [-0.05, 0) is 61.0 Å². The molecule has 1 unspecified atom stereocenters. The smallest absolute Gasteiger partial charge is 0.408 e. The molecule has 0 aliphatic rings. The van der Waals surface area contributed by atoms with Crippen LogP contribution >= 0.6 is 12.6 Å². The Morgan fingerprint density at radius 2 is 1.60 bits per heavy atom. The minimum atomic E-state index is -0.501. The number of benzene rings is 1. The molecule has 6 heteroatoms. The highest BCUT2D eigenvalue weighted by Crippen LogP contribution is 2.30. The lowest BCUT2D eigenvalue weighted by Crippen LogP contribution is -2.45. The first-order chi connectivity index (χ1) is 11.2. The Labute approximate surface area is 158 Å². The summed E-state index contributed by atoms with van der Waals surface area (Å²) >= 11 is 4.61. The van der Waals surface area contributed by atoms with Crippen LogP contribution in [0.2, 0.25) is 0 Å². The average Bonchev–Trinajstić information content (AvgIpc) is 2.42. The van der Waals surface area contributed by atoms with E-state index in [1.807, 2.05) is 79.7 Å². The summed E-state index contributed by atoms with van der Waals surface area (Å²) in [5.74, 6) is 0. The number of hydrogen-bond donors (Lipinski definition) is 2. The molecule has 1 N–H and O–H groups in total. The van der Waals surface area contributed by atoms with Crippen molar-refractivity contribution in [1.82, 2.24) is 5.32 Å². The van der Waals surface area contributed by atoms with E-state index >= 15 is 0 Å². The minimum Gasteiger partial charge on any atom is -0.444 e. The Bertz CT molecular complexity index is 574. The quantitative estimate of drug-likeness (QED) is 0.596. The van der Waals surface area contributed by atoms with Gasteiger partial charge in [-0.25, -0.2) is 4.79 Å². The van der Waals surface area contributed by atoms with Crippen LogP contribution in [0.5, 0.6) is 0 Å². The Morgan fingerprint density at radius 3 is 2.04 bits per heavy atom. The van der Waals surface area contributed by atoms with Crippen LogP contribution in [0, 0.1) is 0 Å². The largest absolute Gasteiger partial charge is 0.444 e. The van der Waals surface area contributed by atoms with E-state index in [-0.39, 0.29) is 16.4 Å². The molecule has 25 heavy (non-hydrogen) atoms. The summed E-state index contributed by atoms with van der Waals surface area (Å²) in [6.45, 7) is 15.6. The van der Waals surface area contributed by atoms with Gasteiger partial charge >= 0.3 is 13.6 Å². The molecule has 0 radical (unpaired) electrons. The summed E-state index contributed by atoms with van der Waals surface area (Å²) in [6, 6.07) is 7.91. The third kappa shape index (κ3) is 7.32. The van der Waals surface area contributed by atoms with E-state index in [4.69, 9.17) is 9.39 Å². The van der Waals surface area contributed by atoms with Crippen LogP contribution in [0.3, 0.4) is 0 Å². The fraction of sp³-hybridized carbons (Fsp3) is 0.632. The second-order valence-electron chi connectivity index (χ2n) is 8.47. The van der Waals surface area contributed by atoms with Crippen LogP contribution in [0.4, 0.5) is 4.79 Å². The molecule has 140 valence electrons. The molecule has 0 spiro atoms. The number of rotatable bonds is 6. The number of thiol groups is 1. The Balaban J connectivity index is 2.63. The molecule has 0 heterocycles. The third-order valence-electron chi connectivity index (χ3n) is 4.29. The highest BCUT2D eigenvalue weighted by atomic mass is 32.1. The molecule has 1 aromatic carbocycles. The zero-order valence-corrected chi connectivity index (χ0v) is 17.7. The van der Waals surface area contributed by atoms with Gasteiger partial charge in [0.05, 0.1) is 11.6 Å². The number of ether oxygens (including phenoxy) is 1. The summed E-state index contributed by atoms with van der Waals surface area (Å²) in [4.78, 5) is 11.9. The van der Waals surface area contributed by atoms with E-state index < -0.39 is 11.7 Å². The van der Waals surface area contributed by atoms with Crippen molar-refractivity contribution in [2.75, 3.05) is 0 Å². The number of carbonyl (C=O) groups is 1. The monoisotopic (exact) mass is 365 g/mol. The molecule has 0 fully saturated rings. The van der Waals surface area contributed by atoms with Crippen LogP contribution in [0.25, 0.3) is 0 Å². The summed E-state index contributed by atoms with van der Waals surface area (Å²) in [5.41, 5.74) is 1.25. The molecule has 1 aromatic rings. The van der Waals surface area contributed by atoms with Crippen LogP contribution in [0.15, 0.2) is 24.3 Å². The van der Waals surface area contributed by atoms with Crippen molar-refractivity contribution in [1.29, 1.82) is 0 Å². The Kier molecular flexibility index (Phi) is 7.05. The maximum Gasteiger partial charge on any atom is 0.408 e. The van der Waals surface area contributed by atoms with E-state index in [2.05, 4.69) is 17.9 Å². The van der Waals surface area contributed by atoms with E-state index in [0.29, 0.717) is 7.48 Å². The second-order valence-corrected chi connectivity index (χ2v) is 9.59. The molecule has 1 amide bonds. The van der Waals surface area contributed by atoms with Gasteiger partial charge in [-0.15, -0.1) is 0 Å².